The van der Waals surface area contributed by atoms with Gasteiger partial charge in [-0.3, -0.25) is 14.4 Å². The molecule has 1 aliphatic heterocycles. The fourth-order valence-corrected chi connectivity index (χ4v) is 2.83. The molecule has 1 aromatic rings. The standard InChI is InChI=1S/C13H12BrFN2O4/c14-7-3-6-5-17(13(21)11(6)8(15)4-7)9(12(16)20)1-2-10(18)19/h3-4,9H,1-2,5H2,(H2,16,20)(H,18,19). The molecule has 0 aromatic heterocycles. The summed E-state index contributed by atoms with van der Waals surface area (Å²) in [5.41, 5.74) is 5.58. The summed E-state index contributed by atoms with van der Waals surface area (Å²) in [6, 6.07) is 1.68. The van der Waals surface area contributed by atoms with E-state index in [1.54, 1.807) is 6.07 Å². The maximum atomic E-state index is 13.9. The first-order valence-electron chi connectivity index (χ1n) is 6.11. The van der Waals surface area contributed by atoms with Crippen molar-refractivity contribution in [2.24, 2.45) is 5.73 Å². The number of rotatable bonds is 5. The summed E-state index contributed by atoms with van der Waals surface area (Å²) in [5.74, 6) is -3.24. The molecule has 0 fully saturated rings. The molecular formula is C13H12BrFN2O4. The Bertz CT molecular complexity index is 635. The van der Waals surface area contributed by atoms with Gasteiger partial charge in [0.15, 0.2) is 0 Å². The second-order valence-electron chi connectivity index (χ2n) is 4.71. The largest absolute Gasteiger partial charge is 0.481 e. The summed E-state index contributed by atoms with van der Waals surface area (Å²) < 4.78 is 14.3. The third-order valence-corrected chi connectivity index (χ3v) is 3.75. The predicted molar refractivity (Wildman–Crippen MR) is 73.8 cm³/mol. The highest BCUT2D eigenvalue weighted by atomic mass is 79.9. The third kappa shape index (κ3) is 3.05. The normalized spacial score (nSPS) is 15.0. The van der Waals surface area contributed by atoms with Crippen LogP contribution in [0.15, 0.2) is 16.6 Å². The minimum Gasteiger partial charge on any atom is -0.481 e. The van der Waals surface area contributed by atoms with Crippen LogP contribution in [0.4, 0.5) is 4.39 Å². The number of nitrogens with two attached hydrogens (primary N) is 1. The number of fused-ring (bicyclic) bond motifs is 1. The molecule has 0 saturated carbocycles. The zero-order chi connectivity index (χ0) is 15.7. The zero-order valence-electron chi connectivity index (χ0n) is 10.8. The highest BCUT2D eigenvalue weighted by Crippen LogP contribution is 2.30. The molecule has 21 heavy (non-hydrogen) atoms. The van der Waals surface area contributed by atoms with E-state index in [-0.39, 0.29) is 24.9 Å². The van der Waals surface area contributed by atoms with Gasteiger partial charge in [-0.25, -0.2) is 4.39 Å². The van der Waals surface area contributed by atoms with E-state index >= 15 is 0 Å². The van der Waals surface area contributed by atoms with Gasteiger partial charge in [0.1, 0.15) is 11.9 Å². The smallest absolute Gasteiger partial charge is 0.303 e. The fourth-order valence-electron chi connectivity index (χ4n) is 2.35. The van der Waals surface area contributed by atoms with Crippen LogP contribution in [-0.4, -0.2) is 33.8 Å². The molecule has 1 aliphatic rings. The number of carboxylic acids is 1. The van der Waals surface area contributed by atoms with Crippen LogP contribution in [0.5, 0.6) is 0 Å². The number of amides is 2. The summed E-state index contributed by atoms with van der Waals surface area (Å²) >= 11 is 3.13. The van der Waals surface area contributed by atoms with Crippen molar-refractivity contribution in [3.05, 3.63) is 33.5 Å². The molecule has 1 heterocycles. The fraction of sp³-hybridized carbons (Fsp3) is 0.308. The lowest BCUT2D eigenvalue weighted by Gasteiger charge is -2.24. The maximum absolute atomic E-state index is 13.9. The first kappa shape index (κ1) is 15.4. The summed E-state index contributed by atoms with van der Waals surface area (Å²) in [5, 5.41) is 8.69. The van der Waals surface area contributed by atoms with E-state index in [1.807, 2.05) is 0 Å². The first-order valence-corrected chi connectivity index (χ1v) is 6.90. The number of halogens is 2. The summed E-state index contributed by atoms with van der Waals surface area (Å²) in [6.45, 7) is 0.0255. The second-order valence-corrected chi connectivity index (χ2v) is 5.62. The van der Waals surface area contributed by atoms with Crippen LogP contribution in [0.2, 0.25) is 0 Å². The van der Waals surface area contributed by atoms with E-state index in [0.29, 0.717) is 10.0 Å². The Hall–Kier alpha value is -1.96. The Labute approximate surface area is 127 Å². The lowest BCUT2D eigenvalue weighted by atomic mass is 10.1. The SMILES string of the molecule is NC(=O)C(CCC(=O)O)N1Cc2cc(Br)cc(F)c2C1=O. The zero-order valence-corrected chi connectivity index (χ0v) is 12.4. The van der Waals surface area contributed by atoms with E-state index < -0.39 is 29.6 Å². The Balaban J connectivity index is 2.30. The number of primary amides is 1. The minimum atomic E-state index is -1.10. The average Bonchev–Trinajstić information content (AvgIpc) is 2.66. The summed E-state index contributed by atoms with van der Waals surface area (Å²) in [7, 11) is 0. The van der Waals surface area contributed by atoms with Crippen molar-refractivity contribution < 1.29 is 23.9 Å². The van der Waals surface area contributed by atoms with Crippen LogP contribution < -0.4 is 5.73 Å². The molecule has 8 heteroatoms. The van der Waals surface area contributed by atoms with Crippen LogP contribution in [0.3, 0.4) is 0 Å². The summed E-state index contributed by atoms with van der Waals surface area (Å²) in [4.78, 5) is 35.4. The van der Waals surface area contributed by atoms with Crippen LogP contribution in [0.1, 0.15) is 28.8 Å². The van der Waals surface area contributed by atoms with Crippen LogP contribution in [0.25, 0.3) is 0 Å². The first-order chi connectivity index (χ1) is 9.81. The topological polar surface area (TPSA) is 101 Å². The van der Waals surface area contributed by atoms with Crippen molar-refractivity contribution in [3.63, 3.8) is 0 Å². The van der Waals surface area contributed by atoms with Gasteiger partial charge in [-0.05, 0) is 24.1 Å². The summed E-state index contributed by atoms with van der Waals surface area (Å²) in [6.07, 6.45) is -0.410. The quantitative estimate of drug-likeness (QED) is 0.827. The lowest BCUT2D eigenvalue weighted by molar-refractivity contribution is -0.137. The van der Waals surface area contributed by atoms with E-state index in [2.05, 4.69) is 15.9 Å². The molecule has 1 aromatic carbocycles. The highest BCUT2D eigenvalue weighted by Gasteiger charge is 2.37. The van der Waals surface area contributed by atoms with Crippen molar-refractivity contribution in [1.29, 1.82) is 0 Å². The molecule has 112 valence electrons. The Morgan fingerprint density at radius 3 is 2.71 bits per heavy atom. The average molecular weight is 359 g/mol. The van der Waals surface area contributed by atoms with Crippen molar-refractivity contribution in [2.45, 2.75) is 25.4 Å². The van der Waals surface area contributed by atoms with Gasteiger partial charge in [0.25, 0.3) is 5.91 Å². The van der Waals surface area contributed by atoms with Crippen LogP contribution in [0, 0.1) is 5.82 Å². The molecule has 1 atom stereocenters. The van der Waals surface area contributed by atoms with E-state index in [9.17, 15) is 18.8 Å². The number of benzene rings is 1. The molecule has 0 bridgehead atoms. The van der Waals surface area contributed by atoms with Gasteiger partial charge >= 0.3 is 5.97 Å². The molecule has 0 radical (unpaired) electrons. The minimum absolute atomic E-state index is 0.0255. The van der Waals surface area contributed by atoms with E-state index in [4.69, 9.17) is 10.8 Å². The van der Waals surface area contributed by atoms with Crippen molar-refractivity contribution in [2.75, 3.05) is 0 Å². The molecule has 2 amide bonds. The number of nitrogens with zero attached hydrogens (tertiary/aromatic N) is 1. The van der Waals surface area contributed by atoms with Gasteiger partial charge in [0.2, 0.25) is 5.91 Å². The molecule has 0 aliphatic carbocycles. The Morgan fingerprint density at radius 2 is 2.14 bits per heavy atom. The molecule has 3 N–H and O–H groups in total. The van der Waals surface area contributed by atoms with Gasteiger partial charge in [-0.2, -0.15) is 0 Å². The van der Waals surface area contributed by atoms with Gasteiger partial charge < -0.3 is 15.7 Å². The number of aliphatic carboxylic acids is 1. The van der Waals surface area contributed by atoms with Crippen molar-refractivity contribution in [3.8, 4) is 0 Å². The number of hydrogen-bond acceptors (Lipinski definition) is 3. The van der Waals surface area contributed by atoms with Crippen molar-refractivity contribution >= 4 is 33.7 Å². The third-order valence-electron chi connectivity index (χ3n) is 3.29. The maximum Gasteiger partial charge on any atom is 0.303 e. The molecule has 0 saturated heterocycles. The molecule has 0 spiro atoms. The molecule has 6 nitrogen and oxygen atoms in total. The number of carbonyl (C=O) groups is 3. The lowest BCUT2D eigenvalue weighted by Crippen LogP contribution is -2.45. The number of hydrogen-bond donors (Lipinski definition) is 2. The van der Waals surface area contributed by atoms with Gasteiger partial charge in [-0.15, -0.1) is 0 Å². The van der Waals surface area contributed by atoms with Crippen LogP contribution in [-0.2, 0) is 16.1 Å². The van der Waals surface area contributed by atoms with E-state index in [0.717, 1.165) is 11.0 Å². The van der Waals surface area contributed by atoms with Gasteiger partial charge in [-0.1, -0.05) is 15.9 Å². The Morgan fingerprint density at radius 1 is 1.48 bits per heavy atom. The second kappa shape index (κ2) is 5.80. The molecule has 1 unspecified atom stereocenters. The van der Waals surface area contributed by atoms with Gasteiger partial charge in [0.05, 0.1) is 5.56 Å². The monoisotopic (exact) mass is 358 g/mol. The molecular weight excluding hydrogens is 347 g/mol. The van der Waals surface area contributed by atoms with E-state index in [1.165, 1.54) is 0 Å². The van der Waals surface area contributed by atoms with Gasteiger partial charge in [0, 0.05) is 17.4 Å². The Kier molecular flexibility index (Phi) is 4.26. The number of carboxylic acid groups (broad SMARTS) is 1. The number of carbonyl (C=O) groups excluding carboxylic acids is 2. The van der Waals surface area contributed by atoms with Crippen molar-refractivity contribution in [1.82, 2.24) is 4.90 Å². The van der Waals surface area contributed by atoms with Crippen LogP contribution >= 0.6 is 15.9 Å². The predicted octanol–water partition coefficient (Wildman–Crippen LogP) is 1.26. The highest BCUT2D eigenvalue weighted by molar-refractivity contribution is 9.10. The molecule has 2 rings (SSSR count).